The fourth-order valence-electron chi connectivity index (χ4n) is 3.85. The van der Waals surface area contributed by atoms with Crippen LogP contribution in [0.3, 0.4) is 0 Å². The van der Waals surface area contributed by atoms with E-state index in [1.54, 1.807) is 12.3 Å². The van der Waals surface area contributed by atoms with E-state index in [0.717, 1.165) is 15.8 Å². The highest BCUT2D eigenvalue weighted by Crippen LogP contribution is 2.21. The van der Waals surface area contributed by atoms with Crippen molar-refractivity contribution >= 4 is 38.3 Å². The molecule has 0 unspecified atom stereocenters. The Balaban J connectivity index is 1.24. The van der Waals surface area contributed by atoms with Gasteiger partial charge < -0.3 is 10.1 Å². The zero-order valence-corrected chi connectivity index (χ0v) is 19.9. The van der Waals surface area contributed by atoms with E-state index in [2.05, 4.69) is 56.7 Å². The minimum absolute atomic E-state index is 0.186. The van der Waals surface area contributed by atoms with E-state index in [1.807, 2.05) is 65.5 Å². The molecular weight excluding hydrogens is 490 g/mol. The number of ether oxygens (including phenoxy) is 1. The molecule has 0 radical (unpaired) electrons. The lowest BCUT2D eigenvalue weighted by atomic mass is 10.0. The number of nitrogens with zero attached hydrogens (tertiary/aromatic N) is 2. The second-order valence-corrected chi connectivity index (χ2v) is 8.88. The van der Waals surface area contributed by atoms with Crippen LogP contribution in [0.1, 0.15) is 21.5 Å². The molecule has 0 saturated heterocycles. The predicted molar refractivity (Wildman–Crippen MR) is 138 cm³/mol. The fourth-order valence-corrected chi connectivity index (χ4v) is 4.23. The summed E-state index contributed by atoms with van der Waals surface area (Å²) in [6.45, 7) is 1.00. The minimum Gasteiger partial charge on any atom is -0.489 e. The van der Waals surface area contributed by atoms with Crippen molar-refractivity contribution in [3.63, 3.8) is 0 Å². The highest BCUT2D eigenvalue weighted by atomic mass is 79.9. The first kappa shape index (κ1) is 21.9. The van der Waals surface area contributed by atoms with E-state index in [1.165, 1.54) is 16.3 Å². The Labute approximate surface area is 206 Å². The number of halogens is 1. The number of amides is 1. The molecule has 1 N–H and O–H groups in total. The van der Waals surface area contributed by atoms with Crippen LogP contribution in [0, 0.1) is 0 Å². The van der Waals surface area contributed by atoms with Gasteiger partial charge in [-0.25, -0.2) is 0 Å². The van der Waals surface area contributed by atoms with E-state index in [-0.39, 0.29) is 5.91 Å². The average molecular weight is 512 g/mol. The van der Waals surface area contributed by atoms with Gasteiger partial charge in [-0.1, -0.05) is 76.6 Å². The number of nitrogens with one attached hydrogen (secondary N) is 1. The molecule has 5 rings (SSSR count). The smallest absolute Gasteiger partial charge is 0.255 e. The van der Waals surface area contributed by atoms with Crippen molar-refractivity contribution in [3.05, 3.63) is 125 Å². The van der Waals surface area contributed by atoms with Crippen molar-refractivity contribution in [2.24, 2.45) is 0 Å². The van der Waals surface area contributed by atoms with Crippen LogP contribution in [0.4, 0.5) is 5.69 Å². The average Bonchev–Trinajstić information content (AvgIpc) is 3.30. The molecule has 0 aliphatic rings. The number of hydrogen-bond acceptors (Lipinski definition) is 3. The normalized spacial score (nSPS) is 10.9. The Morgan fingerprint density at radius 3 is 2.68 bits per heavy atom. The van der Waals surface area contributed by atoms with Crippen LogP contribution in [0.5, 0.6) is 5.75 Å². The molecule has 1 amide bonds. The second kappa shape index (κ2) is 9.93. The number of fused-ring (bicyclic) bond motifs is 1. The van der Waals surface area contributed by atoms with E-state index in [4.69, 9.17) is 4.74 Å². The third kappa shape index (κ3) is 5.18. The number of anilines is 1. The topological polar surface area (TPSA) is 56.2 Å². The highest BCUT2D eigenvalue weighted by molar-refractivity contribution is 9.10. The first-order chi connectivity index (χ1) is 16.6. The Hall–Kier alpha value is -3.90. The monoisotopic (exact) mass is 511 g/mol. The Bertz CT molecular complexity index is 1460. The molecule has 0 spiro atoms. The maximum Gasteiger partial charge on any atom is 0.255 e. The first-order valence-electron chi connectivity index (χ1n) is 10.9. The lowest BCUT2D eigenvalue weighted by Gasteiger charge is -2.08. The third-order valence-electron chi connectivity index (χ3n) is 5.49. The Kier molecular flexibility index (Phi) is 6.40. The molecule has 0 aliphatic carbocycles. The quantitative estimate of drug-likeness (QED) is 0.265. The molecule has 0 aliphatic heterocycles. The minimum atomic E-state index is -0.186. The number of carbonyl (C=O) groups excluding carboxylic acids is 1. The molecule has 168 valence electrons. The summed E-state index contributed by atoms with van der Waals surface area (Å²) in [5.74, 6) is 0.580. The van der Waals surface area contributed by atoms with Crippen LogP contribution < -0.4 is 10.1 Å². The van der Waals surface area contributed by atoms with Gasteiger partial charge in [-0.3, -0.25) is 9.48 Å². The van der Waals surface area contributed by atoms with Gasteiger partial charge in [-0.05, 0) is 52.2 Å². The molecule has 0 atom stereocenters. The van der Waals surface area contributed by atoms with Gasteiger partial charge in [0.1, 0.15) is 12.4 Å². The summed E-state index contributed by atoms with van der Waals surface area (Å²) in [4.78, 5) is 12.8. The molecule has 0 bridgehead atoms. The van der Waals surface area contributed by atoms with Crippen LogP contribution in [0.25, 0.3) is 10.8 Å². The van der Waals surface area contributed by atoms with Gasteiger partial charge in [-0.15, -0.1) is 0 Å². The van der Waals surface area contributed by atoms with Crippen LogP contribution in [0.15, 0.2) is 108 Å². The summed E-state index contributed by atoms with van der Waals surface area (Å²) in [5.41, 5.74) is 3.31. The SMILES string of the molecule is O=C(Nc1cnn(Cc2cccc3ccccc23)c1)c1cccc(COc2cccc(Br)c2)c1. The van der Waals surface area contributed by atoms with Gasteiger partial charge in [0.05, 0.1) is 18.4 Å². The van der Waals surface area contributed by atoms with Gasteiger partial charge in [0.25, 0.3) is 5.91 Å². The van der Waals surface area contributed by atoms with Crippen molar-refractivity contribution in [2.75, 3.05) is 5.32 Å². The summed E-state index contributed by atoms with van der Waals surface area (Å²) in [6.07, 6.45) is 3.52. The predicted octanol–water partition coefficient (Wildman–Crippen LogP) is 6.68. The van der Waals surface area contributed by atoms with Crippen molar-refractivity contribution in [1.29, 1.82) is 0 Å². The van der Waals surface area contributed by atoms with E-state index >= 15 is 0 Å². The molecule has 1 aromatic heterocycles. The molecule has 5 aromatic rings. The summed E-state index contributed by atoms with van der Waals surface area (Å²) in [7, 11) is 0. The first-order valence-corrected chi connectivity index (χ1v) is 11.7. The largest absolute Gasteiger partial charge is 0.489 e. The molecule has 0 saturated carbocycles. The van der Waals surface area contributed by atoms with Crippen molar-refractivity contribution in [2.45, 2.75) is 13.2 Å². The molecule has 34 heavy (non-hydrogen) atoms. The summed E-state index contributed by atoms with van der Waals surface area (Å²) >= 11 is 3.44. The van der Waals surface area contributed by atoms with Gasteiger partial charge >= 0.3 is 0 Å². The van der Waals surface area contributed by atoms with Crippen molar-refractivity contribution < 1.29 is 9.53 Å². The van der Waals surface area contributed by atoms with Crippen molar-refractivity contribution in [3.8, 4) is 5.75 Å². The zero-order valence-electron chi connectivity index (χ0n) is 18.3. The second-order valence-electron chi connectivity index (χ2n) is 7.97. The van der Waals surface area contributed by atoms with Gasteiger partial charge in [-0.2, -0.15) is 5.10 Å². The lowest BCUT2D eigenvalue weighted by molar-refractivity contribution is 0.102. The van der Waals surface area contributed by atoms with E-state index < -0.39 is 0 Å². The maximum absolute atomic E-state index is 12.8. The standard InChI is InChI=1S/C28H22BrN3O2/c29-24-11-5-12-26(15-24)34-19-20-6-3-9-22(14-20)28(33)31-25-16-30-32(18-25)17-23-10-4-8-21-7-1-2-13-27(21)23/h1-16,18H,17,19H2,(H,31,33). The molecule has 5 nitrogen and oxygen atoms in total. The van der Waals surface area contributed by atoms with Crippen LogP contribution in [0.2, 0.25) is 0 Å². The summed E-state index contributed by atoms with van der Waals surface area (Å²) < 4.78 is 8.63. The number of rotatable bonds is 7. The molecule has 4 aromatic carbocycles. The summed E-state index contributed by atoms with van der Waals surface area (Å²) in [6, 6.07) is 29.7. The van der Waals surface area contributed by atoms with Crippen LogP contribution >= 0.6 is 15.9 Å². The third-order valence-corrected chi connectivity index (χ3v) is 5.99. The zero-order chi connectivity index (χ0) is 23.3. The maximum atomic E-state index is 12.8. The number of benzene rings is 4. The number of aromatic nitrogens is 2. The fraction of sp³-hybridized carbons (Fsp3) is 0.0714. The Morgan fingerprint density at radius 2 is 1.76 bits per heavy atom. The van der Waals surface area contributed by atoms with Crippen molar-refractivity contribution in [1.82, 2.24) is 9.78 Å². The highest BCUT2D eigenvalue weighted by Gasteiger charge is 2.10. The number of hydrogen-bond donors (Lipinski definition) is 1. The van der Waals surface area contributed by atoms with E-state index in [9.17, 15) is 4.79 Å². The van der Waals surface area contributed by atoms with Crippen LogP contribution in [-0.4, -0.2) is 15.7 Å². The molecule has 0 fully saturated rings. The molecular formula is C28H22BrN3O2. The molecule has 1 heterocycles. The van der Waals surface area contributed by atoms with Gasteiger partial charge in [0.2, 0.25) is 0 Å². The van der Waals surface area contributed by atoms with E-state index in [0.29, 0.717) is 24.4 Å². The number of carbonyl (C=O) groups is 1. The summed E-state index contributed by atoms with van der Waals surface area (Å²) in [5, 5.41) is 9.77. The van der Waals surface area contributed by atoms with Gasteiger partial charge in [0.15, 0.2) is 0 Å². The lowest BCUT2D eigenvalue weighted by Crippen LogP contribution is -2.12. The van der Waals surface area contributed by atoms with Crippen LogP contribution in [-0.2, 0) is 13.2 Å². The Morgan fingerprint density at radius 1 is 0.941 bits per heavy atom. The van der Waals surface area contributed by atoms with Gasteiger partial charge in [0, 0.05) is 16.2 Å². The molecule has 6 heteroatoms.